The molecule has 1 aliphatic heterocycles. The normalized spacial score (nSPS) is 16.8. The first-order chi connectivity index (χ1) is 6.90. The van der Waals surface area contributed by atoms with E-state index in [-0.39, 0.29) is 0 Å². The van der Waals surface area contributed by atoms with Crippen LogP contribution in [-0.4, -0.2) is 33.4 Å². The predicted octanol–water partition coefficient (Wildman–Crippen LogP) is 1.53. The second-order valence-corrected chi connectivity index (χ2v) is 3.30. The van der Waals surface area contributed by atoms with Crippen molar-refractivity contribution in [2.24, 2.45) is 0 Å². The van der Waals surface area contributed by atoms with E-state index in [0.29, 0.717) is 0 Å². The summed E-state index contributed by atoms with van der Waals surface area (Å²) in [6.45, 7) is 3.61. The summed E-state index contributed by atoms with van der Waals surface area (Å²) in [7, 11) is 1.68. The van der Waals surface area contributed by atoms with E-state index in [4.69, 9.17) is 9.47 Å². The van der Waals surface area contributed by atoms with Gasteiger partial charge in [-0.25, -0.2) is 0 Å². The van der Waals surface area contributed by atoms with Crippen LogP contribution in [0.2, 0.25) is 0 Å². The molecule has 1 aromatic rings. The smallest absolute Gasteiger partial charge is 0.119 e. The van der Waals surface area contributed by atoms with Gasteiger partial charge in [-0.05, 0) is 24.3 Å². The fourth-order valence-electron chi connectivity index (χ4n) is 1.61. The van der Waals surface area contributed by atoms with Crippen molar-refractivity contribution in [3.8, 4) is 5.75 Å². The molecule has 1 fully saturated rings. The van der Waals surface area contributed by atoms with E-state index < -0.39 is 0 Å². The zero-order chi connectivity index (χ0) is 9.80. The Kier molecular flexibility index (Phi) is 2.89. The van der Waals surface area contributed by atoms with Crippen LogP contribution in [0.3, 0.4) is 0 Å². The second kappa shape index (κ2) is 4.33. The molecular formula is C11H15NO2. The zero-order valence-corrected chi connectivity index (χ0v) is 8.40. The molecule has 0 spiro atoms. The highest BCUT2D eigenvalue weighted by Gasteiger charge is 2.10. The first-order valence-electron chi connectivity index (χ1n) is 4.87. The molecule has 1 aliphatic rings. The summed E-state index contributed by atoms with van der Waals surface area (Å²) in [5.41, 5.74) is 1.24. The molecular weight excluding hydrogens is 178 g/mol. The van der Waals surface area contributed by atoms with Gasteiger partial charge in [-0.3, -0.25) is 0 Å². The molecule has 14 heavy (non-hydrogen) atoms. The maximum absolute atomic E-state index is 5.30. The van der Waals surface area contributed by atoms with Gasteiger partial charge in [-0.1, -0.05) is 0 Å². The Labute approximate surface area is 84.2 Å². The molecule has 0 atom stereocenters. The summed E-state index contributed by atoms with van der Waals surface area (Å²) < 4.78 is 10.4. The molecule has 0 amide bonds. The summed E-state index contributed by atoms with van der Waals surface area (Å²) in [4.78, 5) is 2.32. The summed E-state index contributed by atoms with van der Waals surface area (Å²) >= 11 is 0. The Hall–Kier alpha value is -1.22. The third-order valence-electron chi connectivity index (χ3n) is 2.45. The number of benzene rings is 1. The van der Waals surface area contributed by atoms with Gasteiger partial charge in [0.05, 0.1) is 20.3 Å². The minimum atomic E-state index is 0.825. The molecule has 0 saturated carbocycles. The Morgan fingerprint density at radius 2 is 1.79 bits per heavy atom. The molecule has 0 aliphatic carbocycles. The Bertz CT molecular complexity index is 278. The average molecular weight is 193 g/mol. The van der Waals surface area contributed by atoms with E-state index in [9.17, 15) is 0 Å². The van der Waals surface area contributed by atoms with Gasteiger partial charge >= 0.3 is 0 Å². The van der Waals surface area contributed by atoms with E-state index >= 15 is 0 Å². The molecule has 0 bridgehead atoms. The van der Waals surface area contributed by atoms with Gasteiger partial charge in [0, 0.05) is 18.8 Å². The highest BCUT2D eigenvalue weighted by atomic mass is 16.5. The van der Waals surface area contributed by atoms with Crippen LogP contribution in [0.5, 0.6) is 5.75 Å². The van der Waals surface area contributed by atoms with Crippen LogP contribution in [0, 0.1) is 0 Å². The van der Waals surface area contributed by atoms with Crippen molar-refractivity contribution < 1.29 is 9.47 Å². The number of morpholine rings is 1. The molecule has 76 valence electrons. The van der Waals surface area contributed by atoms with Gasteiger partial charge in [0.2, 0.25) is 0 Å². The van der Waals surface area contributed by atoms with E-state index in [2.05, 4.69) is 17.0 Å². The van der Waals surface area contributed by atoms with Crippen molar-refractivity contribution in [1.29, 1.82) is 0 Å². The lowest BCUT2D eigenvalue weighted by Crippen LogP contribution is -2.36. The number of hydrogen-bond acceptors (Lipinski definition) is 3. The molecule has 0 aromatic heterocycles. The topological polar surface area (TPSA) is 21.7 Å². The van der Waals surface area contributed by atoms with Crippen LogP contribution in [0.25, 0.3) is 0 Å². The van der Waals surface area contributed by atoms with E-state index in [0.717, 1.165) is 32.1 Å². The van der Waals surface area contributed by atoms with E-state index in [1.807, 2.05) is 12.1 Å². The summed E-state index contributed by atoms with van der Waals surface area (Å²) in [6, 6.07) is 8.16. The van der Waals surface area contributed by atoms with Crippen LogP contribution in [0.15, 0.2) is 24.3 Å². The van der Waals surface area contributed by atoms with Crippen molar-refractivity contribution >= 4 is 5.69 Å². The molecule has 1 heterocycles. The Balaban J connectivity index is 2.07. The molecule has 2 rings (SSSR count). The standard InChI is InChI=1S/C11H15NO2/c1-13-11-4-2-10(3-5-11)12-6-8-14-9-7-12/h2-5H,6-9H2,1H3. The molecule has 0 unspecified atom stereocenters. The van der Waals surface area contributed by atoms with Crippen molar-refractivity contribution in [2.45, 2.75) is 0 Å². The lowest BCUT2D eigenvalue weighted by Gasteiger charge is -2.28. The van der Waals surface area contributed by atoms with Crippen LogP contribution in [-0.2, 0) is 4.74 Å². The van der Waals surface area contributed by atoms with Crippen LogP contribution in [0.1, 0.15) is 0 Å². The van der Waals surface area contributed by atoms with E-state index in [1.165, 1.54) is 5.69 Å². The highest BCUT2D eigenvalue weighted by molar-refractivity contribution is 5.49. The van der Waals surface area contributed by atoms with Crippen molar-refractivity contribution in [3.05, 3.63) is 24.3 Å². The fourth-order valence-corrected chi connectivity index (χ4v) is 1.61. The minimum Gasteiger partial charge on any atom is -0.497 e. The lowest BCUT2D eigenvalue weighted by molar-refractivity contribution is 0.122. The van der Waals surface area contributed by atoms with Crippen LogP contribution < -0.4 is 9.64 Å². The molecule has 3 heteroatoms. The van der Waals surface area contributed by atoms with Crippen molar-refractivity contribution in [1.82, 2.24) is 0 Å². The number of hydrogen-bond donors (Lipinski definition) is 0. The third-order valence-corrected chi connectivity index (χ3v) is 2.45. The first-order valence-corrected chi connectivity index (χ1v) is 4.87. The molecule has 1 saturated heterocycles. The van der Waals surface area contributed by atoms with Crippen molar-refractivity contribution in [2.75, 3.05) is 38.3 Å². The summed E-state index contributed by atoms with van der Waals surface area (Å²) in [5, 5.41) is 0. The monoisotopic (exact) mass is 193 g/mol. The largest absolute Gasteiger partial charge is 0.497 e. The quantitative estimate of drug-likeness (QED) is 0.711. The third kappa shape index (κ3) is 1.99. The SMILES string of the molecule is COc1ccc(N2CCOCC2)cc1. The van der Waals surface area contributed by atoms with Gasteiger partial charge in [-0.2, -0.15) is 0 Å². The maximum atomic E-state index is 5.30. The number of methoxy groups -OCH3 is 1. The molecule has 1 aromatic carbocycles. The van der Waals surface area contributed by atoms with Gasteiger partial charge in [-0.15, -0.1) is 0 Å². The molecule has 0 N–H and O–H groups in total. The second-order valence-electron chi connectivity index (χ2n) is 3.30. The van der Waals surface area contributed by atoms with Crippen LogP contribution in [0.4, 0.5) is 5.69 Å². The molecule has 3 nitrogen and oxygen atoms in total. The van der Waals surface area contributed by atoms with E-state index in [1.54, 1.807) is 7.11 Å². The van der Waals surface area contributed by atoms with Gasteiger partial charge < -0.3 is 14.4 Å². The Morgan fingerprint density at radius 1 is 1.14 bits per heavy atom. The maximum Gasteiger partial charge on any atom is 0.119 e. The fraction of sp³-hybridized carbons (Fsp3) is 0.455. The first kappa shape index (κ1) is 9.34. The number of anilines is 1. The predicted molar refractivity (Wildman–Crippen MR) is 56.0 cm³/mol. The van der Waals surface area contributed by atoms with Crippen LogP contribution >= 0.6 is 0 Å². The lowest BCUT2D eigenvalue weighted by atomic mass is 10.2. The Morgan fingerprint density at radius 3 is 2.36 bits per heavy atom. The van der Waals surface area contributed by atoms with Gasteiger partial charge in [0.15, 0.2) is 0 Å². The number of nitrogens with zero attached hydrogens (tertiary/aromatic N) is 1. The van der Waals surface area contributed by atoms with Crippen molar-refractivity contribution in [3.63, 3.8) is 0 Å². The number of ether oxygens (including phenoxy) is 2. The minimum absolute atomic E-state index is 0.825. The highest BCUT2D eigenvalue weighted by Crippen LogP contribution is 2.19. The van der Waals surface area contributed by atoms with Gasteiger partial charge in [0.25, 0.3) is 0 Å². The number of rotatable bonds is 2. The average Bonchev–Trinajstić information content (AvgIpc) is 2.30. The summed E-state index contributed by atoms with van der Waals surface area (Å²) in [6.07, 6.45) is 0. The van der Waals surface area contributed by atoms with Gasteiger partial charge in [0.1, 0.15) is 5.75 Å². The zero-order valence-electron chi connectivity index (χ0n) is 8.40. The molecule has 0 radical (unpaired) electrons. The summed E-state index contributed by atoms with van der Waals surface area (Å²) in [5.74, 6) is 0.905.